The molecule has 122 valence electrons. The van der Waals surface area contributed by atoms with Gasteiger partial charge in [0, 0.05) is 36.3 Å². The summed E-state index contributed by atoms with van der Waals surface area (Å²) in [5.74, 6) is -0.157. The van der Waals surface area contributed by atoms with Gasteiger partial charge in [-0.1, -0.05) is 26.8 Å². The van der Waals surface area contributed by atoms with E-state index in [1.807, 2.05) is 20.8 Å². The van der Waals surface area contributed by atoms with Gasteiger partial charge in [-0.15, -0.1) is 0 Å². The number of nitrogens with zero attached hydrogens (tertiary/aromatic N) is 2. The molecule has 0 saturated carbocycles. The van der Waals surface area contributed by atoms with Crippen LogP contribution < -0.4 is 0 Å². The lowest BCUT2D eigenvalue weighted by atomic mass is 9.90. The molecule has 1 aromatic rings. The van der Waals surface area contributed by atoms with Gasteiger partial charge in [-0.3, -0.25) is 14.7 Å². The highest BCUT2D eigenvalue weighted by molar-refractivity contribution is 5.72. The van der Waals surface area contributed by atoms with Crippen molar-refractivity contribution in [1.29, 1.82) is 0 Å². The van der Waals surface area contributed by atoms with Gasteiger partial charge >= 0.3 is 5.97 Å². The summed E-state index contributed by atoms with van der Waals surface area (Å²) in [4.78, 5) is 18.9. The number of carbonyl (C=O) groups is 1. The first-order valence-corrected chi connectivity index (χ1v) is 7.98. The summed E-state index contributed by atoms with van der Waals surface area (Å²) in [6.07, 6.45) is 0.891. The quantitative estimate of drug-likeness (QED) is 0.788. The standard InChI is InChI=1S/C18H28N2O2/c1-17(2,3)15-8-7-13-11-20(10-9-14(13)19-15)12-16(21)22-18(4,5)6/h7-8H,9-12H2,1-6H3. The van der Waals surface area contributed by atoms with Crippen LogP contribution in [-0.2, 0) is 27.9 Å². The number of fused-ring (bicyclic) bond motifs is 1. The Morgan fingerprint density at radius 2 is 1.91 bits per heavy atom. The van der Waals surface area contributed by atoms with E-state index in [1.165, 1.54) is 11.3 Å². The van der Waals surface area contributed by atoms with Crippen molar-refractivity contribution in [1.82, 2.24) is 9.88 Å². The monoisotopic (exact) mass is 304 g/mol. The zero-order valence-electron chi connectivity index (χ0n) is 14.7. The second-order valence-electron chi connectivity index (χ2n) is 8.10. The number of carbonyl (C=O) groups excluding carboxylic acids is 1. The molecule has 2 heterocycles. The van der Waals surface area contributed by atoms with Crippen LogP contribution in [0.4, 0.5) is 0 Å². The molecular formula is C18H28N2O2. The molecule has 1 aromatic heterocycles. The van der Waals surface area contributed by atoms with Crippen molar-refractivity contribution in [3.63, 3.8) is 0 Å². The van der Waals surface area contributed by atoms with Crippen molar-refractivity contribution >= 4 is 5.97 Å². The van der Waals surface area contributed by atoms with E-state index in [2.05, 4.69) is 37.8 Å². The topological polar surface area (TPSA) is 42.4 Å². The third kappa shape index (κ3) is 4.54. The fourth-order valence-electron chi connectivity index (χ4n) is 2.58. The Morgan fingerprint density at radius 3 is 2.50 bits per heavy atom. The largest absolute Gasteiger partial charge is 0.459 e. The molecule has 1 aliphatic heterocycles. The van der Waals surface area contributed by atoms with Gasteiger partial charge in [0.25, 0.3) is 0 Å². The fourth-order valence-corrected chi connectivity index (χ4v) is 2.58. The van der Waals surface area contributed by atoms with Crippen molar-refractivity contribution in [2.45, 2.75) is 65.5 Å². The van der Waals surface area contributed by atoms with Crippen LogP contribution in [0.2, 0.25) is 0 Å². The summed E-state index contributed by atoms with van der Waals surface area (Å²) in [7, 11) is 0. The summed E-state index contributed by atoms with van der Waals surface area (Å²) in [5, 5.41) is 0. The van der Waals surface area contributed by atoms with Gasteiger partial charge < -0.3 is 4.74 Å². The van der Waals surface area contributed by atoms with Crippen molar-refractivity contribution in [3.8, 4) is 0 Å². The first-order chi connectivity index (χ1) is 10.0. The van der Waals surface area contributed by atoms with Crippen molar-refractivity contribution in [3.05, 3.63) is 29.1 Å². The molecular weight excluding hydrogens is 276 g/mol. The number of ether oxygens (including phenoxy) is 1. The molecule has 0 radical (unpaired) electrons. The molecule has 4 nitrogen and oxygen atoms in total. The van der Waals surface area contributed by atoms with E-state index in [0.29, 0.717) is 6.54 Å². The van der Waals surface area contributed by atoms with E-state index < -0.39 is 5.60 Å². The molecule has 0 amide bonds. The minimum absolute atomic E-state index is 0.0721. The predicted molar refractivity (Wildman–Crippen MR) is 87.8 cm³/mol. The summed E-state index contributed by atoms with van der Waals surface area (Å²) >= 11 is 0. The van der Waals surface area contributed by atoms with Gasteiger partial charge in [-0.25, -0.2) is 0 Å². The Labute approximate surface area is 133 Å². The van der Waals surface area contributed by atoms with Crippen LogP contribution in [0.3, 0.4) is 0 Å². The number of hydrogen-bond acceptors (Lipinski definition) is 4. The summed E-state index contributed by atoms with van der Waals surface area (Å²) in [6, 6.07) is 4.26. The van der Waals surface area contributed by atoms with Crippen LogP contribution in [0.1, 0.15) is 58.5 Å². The zero-order valence-corrected chi connectivity index (χ0v) is 14.7. The van der Waals surface area contributed by atoms with Gasteiger partial charge in [0.2, 0.25) is 0 Å². The molecule has 0 bridgehead atoms. The van der Waals surface area contributed by atoms with Gasteiger partial charge in [-0.05, 0) is 32.4 Å². The molecule has 0 unspecified atom stereocenters. The van der Waals surface area contributed by atoms with E-state index in [1.54, 1.807) is 0 Å². The molecule has 0 aromatic carbocycles. The third-order valence-electron chi connectivity index (χ3n) is 3.67. The molecule has 0 aliphatic carbocycles. The van der Waals surface area contributed by atoms with Gasteiger partial charge in [0.15, 0.2) is 0 Å². The summed E-state index contributed by atoms with van der Waals surface area (Å²) in [6.45, 7) is 14.2. The lowest BCUT2D eigenvalue weighted by molar-refractivity contribution is -0.156. The lowest BCUT2D eigenvalue weighted by Gasteiger charge is -2.30. The summed E-state index contributed by atoms with van der Waals surface area (Å²) < 4.78 is 5.40. The second kappa shape index (κ2) is 5.99. The maximum Gasteiger partial charge on any atom is 0.320 e. The van der Waals surface area contributed by atoms with Gasteiger partial charge in [0.1, 0.15) is 5.60 Å². The van der Waals surface area contributed by atoms with E-state index in [4.69, 9.17) is 9.72 Å². The molecule has 0 fully saturated rings. The number of esters is 1. The average molecular weight is 304 g/mol. The van der Waals surface area contributed by atoms with E-state index in [0.717, 1.165) is 25.2 Å². The Kier molecular flexibility index (Phi) is 4.62. The minimum Gasteiger partial charge on any atom is -0.459 e. The first kappa shape index (κ1) is 16.9. The first-order valence-electron chi connectivity index (χ1n) is 7.98. The van der Waals surface area contributed by atoms with Crippen LogP contribution in [-0.4, -0.2) is 34.5 Å². The smallest absolute Gasteiger partial charge is 0.320 e. The third-order valence-corrected chi connectivity index (χ3v) is 3.67. The van der Waals surface area contributed by atoms with Crippen molar-refractivity contribution in [2.75, 3.05) is 13.1 Å². The SMILES string of the molecule is CC(C)(C)OC(=O)CN1CCc2nc(C(C)(C)C)ccc2C1. The van der Waals surface area contributed by atoms with Crippen LogP contribution >= 0.6 is 0 Å². The Bertz CT molecular complexity index is 553. The van der Waals surface area contributed by atoms with Gasteiger partial charge in [0.05, 0.1) is 6.54 Å². The molecule has 2 rings (SSSR count). The number of rotatable bonds is 2. The Morgan fingerprint density at radius 1 is 1.23 bits per heavy atom. The highest BCUT2D eigenvalue weighted by atomic mass is 16.6. The maximum absolute atomic E-state index is 11.9. The molecule has 22 heavy (non-hydrogen) atoms. The molecule has 4 heteroatoms. The van der Waals surface area contributed by atoms with E-state index >= 15 is 0 Å². The maximum atomic E-state index is 11.9. The van der Waals surface area contributed by atoms with Crippen molar-refractivity contribution in [2.24, 2.45) is 0 Å². The van der Waals surface area contributed by atoms with E-state index in [9.17, 15) is 4.79 Å². The van der Waals surface area contributed by atoms with Crippen LogP contribution in [0.5, 0.6) is 0 Å². The number of pyridine rings is 1. The molecule has 0 atom stereocenters. The minimum atomic E-state index is -0.423. The molecule has 1 aliphatic rings. The fraction of sp³-hybridized carbons (Fsp3) is 0.667. The number of aromatic nitrogens is 1. The number of hydrogen-bond donors (Lipinski definition) is 0. The Balaban J connectivity index is 2.02. The highest BCUT2D eigenvalue weighted by Gasteiger charge is 2.24. The normalized spacial score (nSPS) is 16.3. The van der Waals surface area contributed by atoms with Crippen molar-refractivity contribution < 1.29 is 9.53 Å². The summed E-state index contributed by atoms with van der Waals surface area (Å²) in [5.41, 5.74) is 3.18. The Hall–Kier alpha value is -1.42. The predicted octanol–water partition coefficient (Wildman–Crippen LogP) is 3.08. The van der Waals surface area contributed by atoms with Crippen LogP contribution in [0.25, 0.3) is 0 Å². The average Bonchev–Trinajstić information content (AvgIpc) is 2.34. The van der Waals surface area contributed by atoms with E-state index in [-0.39, 0.29) is 11.4 Å². The molecule has 0 saturated heterocycles. The zero-order chi connectivity index (χ0) is 16.5. The second-order valence-corrected chi connectivity index (χ2v) is 8.10. The van der Waals surface area contributed by atoms with Gasteiger partial charge in [-0.2, -0.15) is 0 Å². The van der Waals surface area contributed by atoms with Crippen LogP contribution in [0.15, 0.2) is 12.1 Å². The lowest BCUT2D eigenvalue weighted by Crippen LogP contribution is -2.38. The highest BCUT2D eigenvalue weighted by Crippen LogP contribution is 2.24. The molecule has 0 spiro atoms. The van der Waals surface area contributed by atoms with Crippen LogP contribution in [0, 0.1) is 0 Å². The molecule has 0 N–H and O–H groups in total.